The topological polar surface area (TPSA) is 128 Å². The quantitative estimate of drug-likeness (QED) is 0.333. The minimum Gasteiger partial charge on any atom is -0.504 e. The van der Waals surface area contributed by atoms with Crippen molar-refractivity contribution in [3.05, 3.63) is 39.4 Å². The molecule has 236 valence electrons. The molecule has 3 N–H and O–H groups in total. The van der Waals surface area contributed by atoms with Crippen LogP contribution in [-0.4, -0.2) is 79.4 Å². The molecule has 11 nitrogen and oxygen atoms in total. The van der Waals surface area contributed by atoms with Crippen molar-refractivity contribution in [3.8, 4) is 28.7 Å². The van der Waals surface area contributed by atoms with Crippen molar-refractivity contribution in [3.63, 3.8) is 0 Å². The Bertz CT molecular complexity index is 1530. The SMILES string of the molecule is CCCN[C@H]1CS[C@@H]2c3c(OC(C)=O)c(C)c4c(c3[C@H](COC1=O)N1C3CN[C@H](c5c(cc(C)c(OC)c5O)C3)C21)OCO4. The van der Waals surface area contributed by atoms with Crippen molar-refractivity contribution in [1.29, 1.82) is 0 Å². The number of phenolic OH excluding ortho intramolecular Hbond substituents is 1. The van der Waals surface area contributed by atoms with Gasteiger partial charge in [0.1, 0.15) is 18.4 Å². The van der Waals surface area contributed by atoms with Gasteiger partial charge in [0.2, 0.25) is 6.79 Å². The number of phenols is 1. The van der Waals surface area contributed by atoms with E-state index in [0.717, 1.165) is 34.2 Å². The third-order valence-corrected chi connectivity index (χ3v) is 11.0. The van der Waals surface area contributed by atoms with Gasteiger partial charge in [-0.1, -0.05) is 13.0 Å². The smallest absolute Gasteiger partial charge is 0.324 e. The van der Waals surface area contributed by atoms with Crippen LogP contribution in [0.1, 0.15) is 71.0 Å². The number of benzene rings is 2. The van der Waals surface area contributed by atoms with Gasteiger partial charge in [0, 0.05) is 53.6 Å². The highest BCUT2D eigenvalue weighted by Crippen LogP contribution is 2.62. The highest BCUT2D eigenvalue weighted by molar-refractivity contribution is 7.99. The van der Waals surface area contributed by atoms with Crippen LogP contribution in [0.3, 0.4) is 0 Å². The van der Waals surface area contributed by atoms with Gasteiger partial charge in [-0.2, -0.15) is 0 Å². The molecule has 0 spiro atoms. The lowest BCUT2D eigenvalue weighted by molar-refractivity contribution is -0.149. The van der Waals surface area contributed by atoms with Gasteiger partial charge in [-0.05, 0) is 44.4 Å². The zero-order chi connectivity index (χ0) is 30.9. The van der Waals surface area contributed by atoms with Gasteiger partial charge in [0.05, 0.1) is 24.4 Å². The molecule has 12 heteroatoms. The normalized spacial score (nSPS) is 29.7. The van der Waals surface area contributed by atoms with Gasteiger partial charge in [0.15, 0.2) is 23.0 Å². The molecule has 44 heavy (non-hydrogen) atoms. The molecule has 2 fully saturated rings. The zero-order valence-corrected chi connectivity index (χ0v) is 26.5. The molecule has 7 heterocycles. The predicted molar refractivity (Wildman–Crippen MR) is 163 cm³/mol. The number of esters is 2. The highest BCUT2D eigenvalue weighted by Gasteiger charge is 2.56. The number of carbonyl (C=O) groups excluding carboxylic acids is 2. The Morgan fingerprint density at radius 1 is 1.18 bits per heavy atom. The number of hydrogen-bond acceptors (Lipinski definition) is 12. The number of hydrogen-bond donors (Lipinski definition) is 3. The number of piperazine rings is 1. The van der Waals surface area contributed by atoms with E-state index in [0.29, 0.717) is 53.8 Å². The molecule has 2 aromatic rings. The maximum absolute atomic E-state index is 13.4. The summed E-state index contributed by atoms with van der Waals surface area (Å²) in [4.78, 5) is 28.5. The van der Waals surface area contributed by atoms with Gasteiger partial charge >= 0.3 is 11.9 Å². The second-order valence-corrected chi connectivity index (χ2v) is 13.4. The van der Waals surface area contributed by atoms with E-state index in [1.165, 1.54) is 6.92 Å². The number of ether oxygens (including phenoxy) is 5. The molecule has 2 aromatic carbocycles. The summed E-state index contributed by atoms with van der Waals surface area (Å²) < 4.78 is 29.9. The first-order valence-electron chi connectivity index (χ1n) is 15.3. The largest absolute Gasteiger partial charge is 0.504 e. The summed E-state index contributed by atoms with van der Waals surface area (Å²) in [6, 6.07) is 0.778. The van der Waals surface area contributed by atoms with Crippen molar-refractivity contribution in [1.82, 2.24) is 15.5 Å². The number of nitrogens with zero attached hydrogens (tertiary/aromatic N) is 1. The van der Waals surface area contributed by atoms with Crippen LogP contribution in [0.2, 0.25) is 0 Å². The van der Waals surface area contributed by atoms with Gasteiger partial charge in [0.25, 0.3) is 0 Å². The van der Waals surface area contributed by atoms with Crippen LogP contribution in [0.25, 0.3) is 0 Å². The number of rotatable bonds is 5. The van der Waals surface area contributed by atoms with E-state index in [1.807, 2.05) is 13.8 Å². The molecule has 0 radical (unpaired) electrons. The molecule has 4 bridgehead atoms. The first kappa shape index (κ1) is 29.5. The third-order valence-electron chi connectivity index (χ3n) is 9.57. The summed E-state index contributed by atoms with van der Waals surface area (Å²) in [6.07, 6.45) is 1.57. The molecule has 9 rings (SSSR count). The maximum Gasteiger partial charge on any atom is 0.324 e. The van der Waals surface area contributed by atoms with E-state index >= 15 is 0 Å². The van der Waals surface area contributed by atoms with E-state index in [9.17, 15) is 14.7 Å². The molecule has 0 saturated carbocycles. The first-order chi connectivity index (χ1) is 21.2. The van der Waals surface area contributed by atoms with E-state index in [2.05, 4.69) is 28.5 Å². The number of thioether (sulfide) groups is 1. The van der Waals surface area contributed by atoms with Crippen LogP contribution in [0.5, 0.6) is 28.7 Å². The number of aryl methyl sites for hydroxylation is 1. The fourth-order valence-electron chi connectivity index (χ4n) is 7.90. The van der Waals surface area contributed by atoms with E-state index in [4.69, 9.17) is 23.7 Å². The number of fused-ring (bicyclic) bond motifs is 7. The average molecular weight is 626 g/mol. The van der Waals surface area contributed by atoms with Crippen molar-refractivity contribution in [2.75, 3.05) is 39.4 Å². The van der Waals surface area contributed by atoms with Crippen molar-refractivity contribution in [2.45, 2.75) is 76.0 Å². The first-order valence-corrected chi connectivity index (χ1v) is 16.4. The summed E-state index contributed by atoms with van der Waals surface area (Å²) >= 11 is 1.64. The van der Waals surface area contributed by atoms with Gasteiger partial charge in [-0.3, -0.25) is 14.5 Å². The Morgan fingerprint density at radius 3 is 2.73 bits per heavy atom. The Labute approximate surface area is 260 Å². The molecule has 7 atom stereocenters. The van der Waals surface area contributed by atoms with Crippen LogP contribution < -0.4 is 29.6 Å². The minimum absolute atomic E-state index is 0.0227. The lowest BCUT2D eigenvalue weighted by Gasteiger charge is -2.55. The van der Waals surface area contributed by atoms with E-state index in [1.54, 1.807) is 18.9 Å². The number of nitrogens with one attached hydrogen (secondary N) is 2. The van der Waals surface area contributed by atoms with Crippen LogP contribution in [0, 0.1) is 13.8 Å². The molecular weight excluding hydrogens is 586 g/mol. The number of methoxy groups -OCH3 is 1. The number of carbonyl (C=O) groups is 2. The predicted octanol–water partition coefficient (Wildman–Crippen LogP) is 3.37. The maximum atomic E-state index is 13.4. The van der Waals surface area contributed by atoms with Crippen molar-refractivity contribution < 1.29 is 38.4 Å². The standard InChI is InChI=1S/C32H39N3O8S/c1-6-7-33-19-12-44-31-23-22(30-29(41-13-42-30)15(3)28(23)43-16(4)36)20(11-40-32(19)38)35-18-9-17-8-14(2)27(39-5)26(37)21(17)24(25(31)35)34-10-18/h8,18-20,24-25,31,33-34,37H,6-7,9-13H2,1-5H3/t18?,19-,20-,24+,25?,31+/m0/s1. The summed E-state index contributed by atoms with van der Waals surface area (Å²) in [6.45, 7) is 8.81. The minimum atomic E-state index is -0.497. The fraction of sp³-hybridized carbons (Fsp3) is 0.562. The molecule has 7 aliphatic rings. The molecule has 2 saturated heterocycles. The summed E-state index contributed by atoms with van der Waals surface area (Å²) in [7, 11) is 1.58. The summed E-state index contributed by atoms with van der Waals surface area (Å²) in [5.41, 5.74) is 5.18. The Morgan fingerprint density at radius 2 is 1.98 bits per heavy atom. The average Bonchev–Trinajstić information content (AvgIpc) is 3.36. The second-order valence-electron chi connectivity index (χ2n) is 12.2. The van der Waals surface area contributed by atoms with Gasteiger partial charge in [-0.25, -0.2) is 0 Å². The van der Waals surface area contributed by atoms with Crippen LogP contribution >= 0.6 is 11.8 Å². The van der Waals surface area contributed by atoms with E-state index < -0.39 is 18.1 Å². The van der Waals surface area contributed by atoms with E-state index in [-0.39, 0.29) is 48.5 Å². The van der Waals surface area contributed by atoms with Gasteiger partial charge < -0.3 is 39.4 Å². The van der Waals surface area contributed by atoms with Gasteiger partial charge in [-0.15, -0.1) is 11.8 Å². The Hall–Kier alpha value is -3.19. The molecule has 0 aromatic heterocycles. The zero-order valence-electron chi connectivity index (χ0n) is 25.7. The molecule has 3 unspecified atom stereocenters. The second kappa shape index (κ2) is 11.3. The van der Waals surface area contributed by atoms with Crippen molar-refractivity contribution >= 4 is 23.7 Å². The Balaban J connectivity index is 1.48. The lowest BCUT2D eigenvalue weighted by Crippen LogP contribution is -2.63. The molecule has 0 aliphatic carbocycles. The fourth-order valence-corrected chi connectivity index (χ4v) is 9.45. The molecule has 0 amide bonds. The van der Waals surface area contributed by atoms with Crippen LogP contribution in [0.4, 0.5) is 0 Å². The van der Waals surface area contributed by atoms with Crippen molar-refractivity contribution in [2.24, 2.45) is 0 Å². The van der Waals surface area contributed by atoms with Crippen LogP contribution in [0.15, 0.2) is 6.07 Å². The highest BCUT2D eigenvalue weighted by atomic mass is 32.2. The third kappa shape index (κ3) is 4.44. The Kier molecular flexibility index (Phi) is 7.59. The monoisotopic (exact) mass is 625 g/mol. The van der Waals surface area contributed by atoms with Crippen LogP contribution in [-0.2, 0) is 20.7 Å². The summed E-state index contributed by atoms with van der Waals surface area (Å²) in [5.74, 6) is 1.99. The lowest BCUT2D eigenvalue weighted by atomic mass is 9.79. The molecular formula is C32H39N3O8S. The number of aromatic hydroxyl groups is 1. The molecule has 7 aliphatic heterocycles. The summed E-state index contributed by atoms with van der Waals surface area (Å²) in [5, 5.41) is 18.6.